The number of rotatable bonds is 7. The van der Waals surface area contributed by atoms with E-state index in [1.165, 1.54) is 0 Å². The zero-order valence-electron chi connectivity index (χ0n) is 12.0. The van der Waals surface area contributed by atoms with Crippen molar-refractivity contribution in [3.05, 3.63) is 24.3 Å². The van der Waals surface area contributed by atoms with E-state index >= 15 is 0 Å². The van der Waals surface area contributed by atoms with Crippen LogP contribution in [0.1, 0.15) is 20.3 Å². The maximum Gasteiger partial charge on any atom is 0.326 e. The number of amides is 2. The topological polar surface area (TPSA) is 108 Å². The minimum Gasteiger partial charge on any atom is -0.491 e. The number of hydrogen-bond acceptors (Lipinski definition) is 4. The van der Waals surface area contributed by atoms with Crippen LogP contribution in [0.25, 0.3) is 0 Å². The first kappa shape index (κ1) is 16.8. The van der Waals surface area contributed by atoms with Crippen molar-refractivity contribution in [1.82, 2.24) is 5.32 Å². The van der Waals surface area contributed by atoms with E-state index in [9.17, 15) is 9.59 Å². The minimum atomic E-state index is -1.19. The molecule has 0 saturated carbocycles. The number of ether oxygens (including phenoxy) is 1. The Morgan fingerprint density at radius 3 is 2.33 bits per heavy atom. The average molecular weight is 296 g/mol. The normalized spacial score (nSPS) is 11.8. The molecule has 1 rings (SSSR count). The lowest BCUT2D eigenvalue weighted by Crippen LogP contribution is -2.43. The second kappa shape index (κ2) is 8.11. The van der Waals surface area contributed by atoms with Crippen molar-refractivity contribution < 1.29 is 24.5 Å². The molecule has 0 radical (unpaired) electrons. The van der Waals surface area contributed by atoms with Crippen LogP contribution in [0.5, 0.6) is 5.75 Å². The SMILES string of the molecule is CC(C)Oc1ccc(NC(=O)N[C@H](CCO)C(=O)O)cc1. The molecule has 1 aromatic carbocycles. The highest BCUT2D eigenvalue weighted by Crippen LogP contribution is 2.16. The van der Waals surface area contributed by atoms with Crippen molar-refractivity contribution in [2.75, 3.05) is 11.9 Å². The van der Waals surface area contributed by atoms with E-state index in [0.717, 1.165) is 0 Å². The Morgan fingerprint density at radius 2 is 1.86 bits per heavy atom. The molecule has 7 nitrogen and oxygen atoms in total. The van der Waals surface area contributed by atoms with Crippen LogP contribution in [0.4, 0.5) is 10.5 Å². The summed E-state index contributed by atoms with van der Waals surface area (Å²) in [7, 11) is 0. The molecule has 0 aliphatic rings. The number of carboxylic acid groups (broad SMARTS) is 1. The maximum absolute atomic E-state index is 11.7. The Bertz CT molecular complexity index is 473. The van der Waals surface area contributed by atoms with E-state index in [1.54, 1.807) is 24.3 Å². The Balaban J connectivity index is 2.56. The smallest absolute Gasteiger partial charge is 0.326 e. The molecule has 0 bridgehead atoms. The van der Waals surface area contributed by atoms with Gasteiger partial charge in [-0.2, -0.15) is 0 Å². The summed E-state index contributed by atoms with van der Waals surface area (Å²) in [5, 5.41) is 22.4. The summed E-state index contributed by atoms with van der Waals surface area (Å²) < 4.78 is 5.47. The van der Waals surface area contributed by atoms with Gasteiger partial charge in [0.2, 0.25) is 0 Å². The fourth-order valence-electron chi connectivity index (χ4n) is 1.60. The third kappa shape index (κ3) is 6.13. The number of urea groups is 1. The van der Waals surface area contributed by atoms with Gasteiger partial charge < -0.3 is 25.6 Å². The Morgan fingerprint density at radius 1 is 1.24 bits per heavy atom. The Kier molecular flexibility index (Phi) is 6.48. The fourth-order valence-corrected chi connectivity index (χ4v) is 1.60. The van der Waals surface area contributed by atoms with Crippen LogP contribution < -0.4 is 15.4 Å². The minimum absolute atomic E-state index is 0.0517. The largest absolute Gasteiger partial charge is 0.491 e. The van der Waals surface area contributed by atoms with Crippen molar-refractivity contribution >= 4 is 17.7 Å². The van der Waals surface area contributed by atoms with E-state index in [0.29, 0.717) is 11.4 Å². The summed E-state index contributed by atoms with van der Waals surface area (Å²) in [4.78, 5) is 22.5. The summed E-state index contributed by atoms with van der Waals surface area (Å²) in [6, 6.07) is 4.95. The number of anilines is 1. The number of carboxylic acids is 1. The summed E-state index contributed by atoms with van der Waals surface area (Å²) >= 11 is 0. The van der Waals surface area contributed by atoms with Gasteiger partial charge in [-0.1, -0.05) is 0 Å². The molecular weight excluding hydrogens is 276 g/mol. The van der Waals surface area contributed by atoms with E-state index in [-0.39, 0.29) is 19.1 Å². The molecule has 0 saturated heterocycles. The molecule has 0 aliphatic heterocycles. The number of aliphatic hydroxyl groups is 1. The monoisotopic (exact) mass is 296 g/mol. The standard InChI is InChI=1S/C14H20N2O5/c1-9(2)21-11-5-3-10(4-6-11)15-14(20)16-12(7-8-17)13(18)19/h3-6,9,12,17H,7-8H2,1-2H3,(H,18,19)(H2,15,16,20)/t12-/m1/s1. The number of aliphatic carboxylic acids is 1. The van der Waals surface area contributed by atoms with Gasteiger partial charge in [0.25, 0.3) is 0 Å². The molecule has 0 aliphatic carbocycles. The van der Waals surface area contributed by atoms with Crippen LogP contribution in [-0.2, 0) is 4.79 Å². The van der Waals surface area contributed by atoms with Crippen LogP contribution in [0, 0.1) is 0 Å². The first-order chi connectivity index (χ1) is 9.92. The molecule has 0 unspecified atom stereocenters. The molecule has 21 heavy (non-hydrogen) atoms. The lowest BCUT2D eigenvalue weighted by atomic mass is 10.2. The lowest BCUT2D eigenvalue weighted by Gasteiger charge is -2.14. The van der Waals surface area contributed by atoms with Crippen molar-refractivity contribution in [2.45, 2.75) is 32.4 Å². The molecule has 2 amide bonds. The molecule has 0 fully saturated rings. The quantitative estimate of drug-likeness (QED) is 0.609. The van der Waals surface area contributed by atoms with Crippen LogP contribution in [0.3, 0.4) is 0 Å². The number of carbonyl (C=O) groups excluding carboxylic acids is 1. The third-order valence-electron chi connectivity index (χ3n) is 2.51. The van der Waals surface area contributed by atoms with E-state index in [2.05, 4.69) is 10.6 Å². The molecule has 1 atom stereocenters. The zero-order chi connectivity index (χ0) is 15.8. The van der Waals surface area contributed by atoms with Gasteiger partial charge in [-0.3, -0.25) is 0 Å². The number of nitrogens with one attached hydrogen (secondary N) is 2. The van der Waals surface area contributed by atoms with Gasteiger partial charge in [0.05, 0.1) is 6.10 Å². The lowest BCUT2D eigenvalue weighted by molar-refractivity contribution is -0.139. The Hall–Kier alpha value is -2.28. The molecule has 0 spiro atoms. The maximum atomic E-state index is 11.7. The highest BCUT2D eigenvalue weighted by Gasteiger charge is 2.19. The van der Waals surface area contributed by atoms with E-state index in [1.807, 2.05) is 13.8 Å². The van der Waals surface area contributed by atoms with Gasteiger partial charge >= 0.3 is 12.0 Å². The number of aliphatic hydroxyl groups excluding tert-OH is 1. The number of hydrogen-bond donors (Lipinski definition) is 4. The molecular formula is C14H20N2O5. The highest BCUT2D eigenvalue weighted by atomic mass is 16.5. The summed E-state index contributed by atoms with van der Waals surface area (Å²) in [5.74, 6) is -0.514. The van der Waals surface area contributed by atoms with E-state index in [4.69, 9.17) is 14.9 Å². The van der Waals surface area contributed by atoms with Gasteiger partial charge in [0.1, 0.15) is 11.8 Å². The van der Waals surface area contributed by atoms with E-state index < -0.39 is 18.0 Å². The third-order valence-corrected chi connectivity index (χ3v) is 2.51. The number of carbonyl (C=O) groups is 2. The van der Waals surface area contributed by atoms with Crippen molar-refractivity contribution in [2.24, 2.45) is 0 Å². The highest BCUT2D eigenvalue weighted by molar-refractivity contribution is 5.92. The van der Waals surface area contributed by atoms with Crippen molar-refractivity contribution in [1.29, 1.82) is 0 Å². The second-order valence-corrected chi connectivity index (χ2v) is 4.69. The molecule has 7 heteroatoms. The number of benzene rings is 1. The van der Waals surface area contributed by atoms with Gasteiger partial charge in [-0.05, 0) is 38.1 Å². The predicted molar refractivity (Wildman–Crippen MR) is 77.5 cm³/mol. The van der Waals surface area contributed by atoms with Crippen molar-refractivity contribution in [3.8, 4) is 5.75 Å². The van der Waals surface area contributed by atoms with Crippen LogP contribution in [-0.4, -0.2) is 41.0 Å². The van der Waals surface area contributed by atoms with Gasteiger partial charge in [0.15, 0.2) is 0 Å². The Labute approximate surface area is 122 Å². The van der Waals surface area contributed by atoms with Crippen molar-refractivity contribution in [3.63, 3.8) is 0 Å². The summed E-state index contributed by atoms with van der Waals surface area (Å²) in [5.41, 5.74) is 0.511. The van der Waals surface area contributed by atoms with Crippen LogP contribution in [0.2, 0.25) is 0 Å². The average Bonchev–Trinajstić information content (AvgIpc) is 2.40. The summed E-state index contributed by atoms with van der Waals surface area (Å²) in [6.45, 7) is 3.50. The fraction of sp³-hybridized carbons (Fsp3) is 0.429. The first-order valence-electron chi connectivity index (χ1n) is 6.60. The van der Waals surface area contributed by atoms with Crippen LogP contribution >= 0.6 is 0 Å². The molecule has 0 aromatic heterocycles. The van der Waals surface area contributed by atoms with Gasteiger partial charge in [-0.15, -0.1) is 0 Å². The molecule has 4 N–H and O–H groups in total. The molecule has 0 heterocycles. The first-order valence-corrected chi connectivity index (χ1v) is 6.60. The summed E-state index contributed by atoms with van der Waals surface area (Å²) in [6.07, 6.45) is 0.00566. The predicted octanol–water partition coefficient (Wildman–Crippen LogP) is 1.43. The van der Waals surface area contributed by atoms with Crippen LogP contribution in [0.15, 0.2) is 24.3 Å². The molecule has 1 aromatic rings. The molecule has 116 valence electrons. The van der Waals surface area contributed by atoms with Gasteiger partial charge in [-0.25, -0.2) is 9.59 Å². The zero-order valence-corrected chi connectivity index (χ0v) is 12.0. The van der Waals surface area contributed by atoms with Gasteiger partial charge in [0, 0.05) is 18.7 Å². The second-order valence-electron chi connectivity index (χ2n) is 4.69.